The van der Waals surface area contributed by atoms with Crippen LogP contribution in [-0.2, 0) is 11.2 Å². The van der Waals surface area contributed by atoms with Gasteiger partial charge in [-0.05, 0) is 47.3 Å². The van der Waals surface area contributed by atoms with Crippen LogP contribution in [0.1, 0.15) is 34.8 Å². The molecule has 5 nitrogen and oxygen atoms in total. The Kier molecular flexibility index (Phi) is 6.99. The van der Waals surface area contributed by atoms with Crippen molar-refractivity contribution >= 4 is 17.2 Å². The zero-order valence-electron chi connectivity index (χ0n) is 14.9. The van der Waals surface area contributed by atoms with Crippen molar-refractivity contribution in [1.82, 2.24) is 20.1 Å². The molecule has 0 unspecified atom stereocenters. The van der Waals surface area contributed by atoms with Gasteiger partial charge in [0.25, 0.3) is 0 Å². The Morgan fingerprint density at radius 1 is 1.48 bits per heavy atom. The summed E-state index contributed by atoms with van der Waals surface area (Å²) in [6.45, 7) is 8.02. The average Bonchev–Trinajstić information content (AvgIpc) is 3.07. The van der Waals surface area contributed by atoms with Gasteiger partial charge in [-0.1, -0.05) is 0 Å². The van der Waals surface area contributed by atoms with E-state index < -0.39 is 0 Å². The zero-order valence-corrected chi connectivity index (χ0v) is 15.7. The fourth-order valence-corrected chi connectivity index (χ4v) is 3.91. The Balaban J connectivity index is 1.56. The highest BCUT2D eigenvalue weighted by molar-refractivity contribution is 7.11. The maximum atomic E-state index is 11.9. The van der Waals surface area contributed by atoms with Crippen molar-refractivity contribution in [3.05, 3.63) is 15.6 Å². The lowest BCUT2D eigenvalue weighted by Crippen LogP contribution is -2.37. The number of likely N-dealkylation sites (tertiary alicyclic amines) is 1. The van der Waals surface area contributed by atoms with E-state index in [9.17, 15) is 4.79 Å². The largest absolute Gasteiger partial charge is 0.356 e. The fourth-order valence-electron chi connectivity index (χ4n) is 2.93. The summed E-state index contributed by atoms with van der Waals surface area (Å²) in [4.78, 5) is 22.4. The molecule has 1 fully saturated rings. The monoisotopic (exact) mass is 338 g/mol. The van der Waals surface area contributed by atoms with Gasteiger partial charge < -0.3 is 15.1 Å². The van der Waals surface area contributed by atoms with Crippen LogP contribution in [-0.4, -0.2) is 67.0 Å². The number of nitrogens with zero attached hydrogens (tertiary/aromatic N) is 3. The molecular formula is C17H30N4OS. The van der Waals surface area contributed by atoms with Gasteiger partial charge in [0.1, 0.15) is 0 Å². The predicted molar refractivity (Wildman–Crippen MR) is 96.1 cm³/mol. The molecule has 2 heterocycles. The second-order valence-electron chi connectivity index (χ2n) is 6.64. The molecule has 0 bridgehead atoms. The van der Waals surface area contributed by atoms with Crippen LogP contribution < -0.4 is 5.32 Å². The third kappa shape index (κ3) is 5.86. The molecule has 1 aliphatic heterocycles. The number of carbonyl (C=O) groups is 1. The van der Waals surface area contributed by atoms with E-state index in [1.165, 1.54) is 16.3 Å². The fraction of sp³-hybridized carbons (Fsp3) is 0.765. The topological polar surface area (TPSA) is 48.5 Å². The van der Waals surface area contributed by atoms with Crippen LogP contribution in [0.3, 0.4) is 0 Å². The summed E-state index contributed by atoms with van der Waals surface area (Å²) in [5.74, 6) is 0.162. The molecule has 0 aromatic carbocycles. The van der Waals surface area contributed by atoms with Crippen LogP contribution in [0.25, 0.3) is 0 Å². The minimum absolute atomic E-state index is 0.162. The summed E-state index contributed by atoms with van der Waals surface area (Å²) in [7, 11) is 4.29. The molecular weight excluding hydrogens is 308 g/mol. The smallest absolute Gasteiger partial charge is 0.221 e. The van der Waals surface area contributed by atoms with Crippen molar-refractivity contribution in [2.75, 3.05) is 40.3 Å². The highest BCUT2D eigenvalue weighted by Gasteiger charge is 2.23. The van der Waals surface area contributed by atoms with Gasteiger partial charge in [0.15, 0.2) is 0 Å². The molecule has 2 rings (SSSR count). The molecule has 23 heavy (non-hydrogen) atoms. The Labute approximate surface area is 144 Å². The number of nitrogens with one attached hydrogen (secondary N) is 1. The molecule has 130 valence electrons. The third-order valence-corrected chi connectivity index (χ3v) is 5.78. The second kappa shape index (κ2) is 8.76. The van der Waals surface area contributed by atoms with Crippen molar-refractivity contribution in [3.8, 4) is 0 Å². The first-order valence-electron chi connectivity index (χ1n) is 8.54. The van der Waals surface area contributed by atoms with Crippen LogP contribution in [0.5, 0.6) is 0 Å². The molecule has 1 N–H and O–H groups in total. The average molecular weight is 339 g/mol. The van der Waals surface area contributed by atoms with E-state index in [-0.39, 0.29) is 5.91 Å². The van der Waals surface area contributed by atoms with E-state index in [2.05, 4.69) is 48.0 Å². The highest BCUT2D eigenvalue weighted by Crippen LogP contribution is 2.17. The highest BCUT2D eigenvalue weighted by atomic mass is 32.1. The van der Waals surface area contributed by atoms with E-state index in [1.807, 2.05) is 0 Å². The molecule has 0 spiro atoms. The van der Waals surface area contributed by atoms with Crippen molar-refractivity contribution in [1.29, 1.82) is 0 Å². The normalized spacial score (nSPS) is 18.7. The summed E-state index contributed by atoms with van der Waals surface area (Å²) in [5.41, 5.74) is 1.13. The Morgan fingerprint density at radius 3 is 2.87 bits per heavy atom. The Morgan fingerprint density at radius 2 is 2.26 bits per heavy atom. The first-order chi connectivity index (χ1) is 11.0. The van der Waals surface area contributed by atoms with Gasteiger partial charge in [0, 0.05) is 43.4 Å². The first-order valence-corrected chi connectivity index (χ1v) is 9.35. The van der Waals surface area contributed by atoms with Gasteiger partial charge in [-0.25, -0.2) is 4.98 Å². The lowest BCUT2D eigenvalue weighted by Gasteiger charge is -2.23. The van der Waals surface area contributed by atoms with Gasteiger partial charge >= 0.3 is 0 Å². The van der Waals surface area contributed by atoms with Gasteiger partial charge in [0.2, 0.25) is 5.91 Å². The van der Waals surface area contributed by atoms with E-state index in [0.717, 1.165) is 44.7 Å². The van der Waals surface area contributed by atoms with Crippen LogP contribution in [0.15, 0.2) is 0 Å². The number of amides is 1. The lowest BCUT2D eigenvalue weighted by atomic mass is 10.2. The minimum Gasteiger partial charge on any atom is -0.356 e. The van der Waals surface area contributed by atoms with Gasteiger partial charge in [0.05, 0.1) is 10.7 Å². The first kappa shape index (κ1) is 18.4. The molecule has 1 saturated heterocycles. The number of thiazole rings is 1. The summed E-state index contributed by atoms with van der Waals surface area (Å²) in [6, 6.07) is 0.601. The number of hydrogen-bond donors (Lipinski definition) is 1. The number of likely N-dealkylation sites (N-methyl/N-ethyl adjacent to an activating group) is 2. The van der Waals surface area contributed by atoms with Gasteiger partial charge in [-0.15, -0.1) is 11.3 Å². The van der Waals surface area contributed by atoms with Gasteiger partial charge in [-0.3, -0.25) is 4.79 Å². The van der Waals surface area contributed by atoms with E-state index in [0.29, 0.717) is 12.5 Å². The van der Waals surface area contributed by atoms with Crippen LogP contribution in [0, 0.1) is 13.8 Å². The molecule has 1 aromatic rings. The maximum Gasteiger partial charge on any atom is 0.221 e. The minimum atomic E-state index is 0.162. The molecule has 1 aromatic heterocycles. The number of carbonyl (C=O) groups excluding carboxylic acids is 1. The molecule has 0 radical (unpaired) electrons. The van der Waals surface area contributed by atoms with Crippen molar-refractivity contribution in [2.45, 2.75) is 45.6 Å². The second-order valence-corrected chi connectivity index (χ2v) is 7.93. The molecule has 0 aliphatic carbocycles. The van der Waals surface area contributed by atoms with Gasteiger partial charge in [-0.2, -0.15) is 0 Å². The molecule has 0 saturated carbocycles. The van der Waals surface area contributed by atoms with Crippen LogP contribution >= 0.6 is 11.3 Å². The Hall–Kier alpha value is -0.980. The van der Waals surface area contributed by atoms with E-state index in [4.69, 9.17) is 0 Å². The van der Waals surface area contributed by atoms with Crippen LogP contribution in [0.4, 0.5) is 0 Å². The molecule has 1 amide bonds. The quantitative estimate of drug-likeness (QED) is 0.735. The summed E-state index contributed by atoms with van der Waals surface area (Å²) >= 11 is 1.77. The van der Waals surface area contributed by atoms with Crippen molar-refractivity contribution < 1.29 is 4.79 Å². The van der Waals surface area contributed by atoms with Crippen molar-refractivity contribution in [2.24, 2.45) is 0 Å². The summed E-state index contributed by atoms with van der Waals surface area (Å²) in [6.07, 6.45) is 3.71. The SMILES string of the molecule is Cc1nc(CCCNC(=O)CCN(C)[C@H]2CCN(C)C2)sc1C. The lowest BCUT2D eigenvalue weighted by molar-refractivity contribution is -0.121. The number of aryl methyl sites for hydroxylation is 3. The predicted octanol–water partition coefficient (Wildman–Crippen LogP) is 1.83. The standard InChI is InChI=1S/C17H30N4OS/c1-13-14(2)23-17(19-13)6-5-9-18-16(22)8-11-21(4)15-7-10-20(3)12-15/h15H,5-12H2,1-4H3,(H,18,22)/t15-/m0/s1. The molecule has 1 atom stereocenters. The Bertz CT molecular complexity index is 497. The van der Waals surface area contributed by atoms with Crippen LogP contribution in [0.2, 0.25) is 0 Å². The molecule has 6 heteroatoms. The zero-order chi connectivity index (χ0) is 16.8. The summed E-state index contributed by atoms with van der Waals surface area (Å²) in [5, 5.41) is 4.21. The maximum absolute atomic E-state index is 11.9. The van der Waals surface area contributed by atoms with E-state index >= 15 is 0 Å². The van der Waals surface area contributed by atoms with E-state index in [1.54, 1.807) is 11.3 Å². The number of rotatable bonds is 8. The number of hydrogen-bond acceptors (Lipinski definition) is 5. The summed E-state index contributed by atoms with van der Waals surface area (Å²) < 4.78 is 0. The molecule has 1 aliphatic rings. The third-order valence-electron chi connectivity index (χ3n) is 4.64. The number of aromatic nitrogens is 1. The van der Waals surface area contributed by atoms with Crippen molar-refractivity contribution in [3.63, 3.8) is 0 Å².